The Balaban J connectivity index is 2.37. The van der Waals surface area contributed by atoms with Crippen LogP contribution in [-0.4, -0.2) is 19.0 Å². The van der Waals surface area contributed by atoms with Gasteiger partial charge in [0.1, 0.15) is 0 Å². The third-order valence-electron chi connectivity index (χ3n) is 2.84. The van der Waals surface area contributed by atoms with Crippen LogP contribution in [0.4, 0.5) is 8.78 Å². The molecule has 1 atom stereocenters. The van der Waals surface area contributed by atoms with Crippen molar-refractivity contribution in [3.63, 3.8) is 0 Å². The number of hydrogen-bond acceptors (Lipinski definition) is 2. The van der Waals surface area contributed by atoms with Crippen LogP contribution in [-0.2, 0) is 4.79 Å². The summed E-state index contributed by atoms with van der Waals surface area (Å²) < 4.78 is 25.9. The first-order valence-corrected chi connectivity index (χ1v) is 6.38. The molecule has 0 bridgehead atoms. The highest BCUT2D eigenvalue weighted by molar-refractivity contribution is 5.77. The standard InChI is InChI=1S/C14H20F2N2O/c1-9(2)14(19)18-7-6-17-10(3)11-4-5-12(15)13(16)8-11/h4-5,8-10,17H,6-7H2,1-3H3,(H,18,19). The molecule has 1 aromatic rings. The van der Waals surface area contributed by atoms with Gasteiger partial charge in [-0.3, -0.25) is 4.79 Å². The Morgan fingerprint density at radius 1 is 1.16 bits per heavy atom. The molecule has 106 valence electrons. The van der Waals surface area contributed by atoms with Gasteiger partial charge in [-0.05, 0) is 24.6 Å². The van der Waals surface area contributed by atoms with Crippen LogP contribution in [0.15, 0.2) is 18.2 Å². The molecule has 3 nitrogen and oxygen atoms in total. The molecule has 0 spiro atoms. The summed E-state index contributed by atoms with van der Waals surface area (Å²) in [6, 6.07) is 3.73. The molecule has 1 unspecified atom stereocenters. The number of benzene rings is 1. The van der Waals surface area contributed by atoms with Gasteiger partial charge < -0.3 is 10.6 Å². The highest BCUT2D eigenvalue weighted by Gasteiger charge is 2.09. The van der Waals surface area contributed by atoms with Crippen LogP contribution in [0.5, 0.6) is 0 Å². The Hall–Kier alpha value is -1.49. The van der Waals surface area contributed by atoms with Gasteiger partial charge in [-0.2, -0.15) is 0 Å². The third kappa shape index (κ3) is 4.95. The fourth-order valence-electron chi connectivity index (χ4n) is 1.58. The average Bonchev–Trinajstić information content (AvgIpc) is 2.37. The number of nitrogens with one attached hydrogen (secondary N) is 2. The normalized spacial score (nSPS) is 12.5. The summed E-state index contributed by atoms with van der Waals surface area (Å²) in [5, 5.41) is 5.91. The minimum atomic E-state index is -0.848. The molecule has 0 aliphatic rings. The molecule has 2 N–H and O–H groups in total. The van der Waals surface area contributed by atoms with Crippen molar-refractivity contribution in [2.45, 2.75) is 26.8 Å². The topological polar surface area (TPSA) is 41.1 Å². The first kappa shape index (κ1) is 15.6. The molecular formula is C14H20F2N2O. The first-order chi connectivity index (χ1) is 8.91. The van der Waals surface area contributed by atoms with Crippen molar-refractivity contribution in [2.75, 3.05) is 13.1 Å². The highest BCUT2D eigenvalue weighted by Crippen LogP contribution is 2.15. The van der Waals surface area contributed by atoms with Crippen LogP contribution in [0.3, 0.4) is 0 Å². The molecule has 1 amide bonds. The van der Waals surface area contributed by atoms with Gasteiger partial charge >= 0.3 is 0 Å². The van der Waals surface area contributed by atoms with Crippen molar-refractivity contribution in [3.8, 4) is 0 Å². The minimum absolute atomic E-state index is 0.00211. The Bertz CT molecular complexity index is 435. The maximum Gasteiger partial charge on any atom is 0.222 e. The number of amides is 1. The lowest BCUT2D eigenvalue weighted by Crippen LogP contribution is -2.35. The van der Waals surface area contributed by atoms with E-state index >= 15 is 0 Å². The maximum absolute atomic E-state index is 13.1. The van der Waals surface area contributed by atoms with E-state index in [0.29, 0.717) is 18.7 Å². The second-order valence-corrected chi connectivity index (χ2v) is 4.80. The molecule has 0 fully saturated rings. The zero-order chi connectivity index (χ0) is 14.4. The van der Waals surface area contributed by atoms with E-state index < -0.39 is 11.6 Å². The molecule has 0 saturated carbocycles. The van der Waals surface area contributed by atoms with Gasteiger partial charge in [0.15, 0.2) is 11.6 Å². The van der Waals surface area contributed by atoms with Gasteiger partial charge in [0.25, 0.3) is 0 Å². The second-order valence-electron chi connectivity index (χ2n) is 4.80. The van der Waals surface area contributed by atoms with Crippen molar-refractivity contribution >= 4 is 5.91 Å². The number of carbonyl (C=O) groups is 1. The van der Waals surface area contributed by atoms with E-state index in [-0.39, 0.29) is 17.9 Å². The van der Waals surface area contributed by atoms with Crippen molar-refractivity contribution in [1.29, 1.82) is 0 Å². The molecule has 19 heavy (non-hydrogen) atoms. The molecule has 0 heterocycles. The lowest BCUT2D eigenvalue weighted by molar-refractivity contribution is -0.123. The molecule has 5 heteroatoms. The highest BCUT2D eigenvalue weighted by atomic mass is 19.2. The van der Waals surface area contributed by atoms with Crippen molar-refractivity contribution in [3.05, 3.63) is 35.4 Å². The summed E-state index contributed by atoms with van der Waals surface area (Å²) in [6.45, 7) is 6.58. The summed E-state index contributed by atoms with van der Waals surface area (Å²) in [7, 11) is 0. The van der Waals surface area contributed by atoms with Gasteiger partial charge in [-0.25, -0.2) is 8.78 Å². The molecule has 0 radical (unpaired) electrons. The van der Waals surface area contributed by atoms with Crippen LogP contribution >= 0.6 is 0 Å². The average molecular weight is 270 g/mol. The molecule has 0 saturated heterocycles. The van der Waals surface area contributed by atoms with E-state index in [1.165, 1.54) is 6.07 Å². The number of hydrogen-bond donors (Lipinski definition) is 2. The largest absolute Gasteiger partial charge is 0.355 e. The zero-order valence-electron chi connectivity index (χ0n) is 11.5. The van der Waals surface area contributed by atoms with Crippen LogP contribution in [0.1, 0.15) is 32.4 Å². The maximum atomic E-state index is 13.1. The summed E-state index contributed by atoms with van der Waals surface area (Å²) in [5.41, 5.74) is 0.675. The molecule has 1 rings (SSSR count). The van der Waals surface area contributed by atoms with Crippen LogP contribution in [0.2, 0.25) is 0 Å². The van der Waals surface area contributed by atoms with E-state index in [2.05, 4.69) is 10.6 Å². The Labute approximate surface area is 112 Å². The van der Waals surface area contributed by atoms with E-state index in [1.807, 2.05) is 20.8 Å². The molecule has 0 aliphatic heterocycles. The van der Waals surface area contributed by atoms with Crippen LogP contribution in [0, 0.1) is 17.6 Å². The van der Waals surface area contributed by atoms with Crippen LogP contribution in [0.25, 0.3) is 0 Å². The number of rotatable bonds is 6. The molecule has 1 aromatic carbocycles. The van der Waals surface area contributed by atoms with Gasteiger partial charge in [-0.15, -0.1) is 0 Å². The van der Waals surface area contributed by atoms with E-state index in [4.69, 9.17) is 0 Å². The summed E-state index contributed by atoms with van der Waals surface area (Å²) >= 11 is 0. The second kappa shape index (κ2) is 7.19. The lowest BCUT2D eigenvalue weighted by atomic mass is 10.1. The number of carbonyl (C=O) groups excluding carboxylic acids is 1. The predicted molar refractivity (Wildman–Crippen MR) is 70.6 cm³/mol. The predicted octanol–water partition coefficient (Wildman–Crippen LogP) is 2.39. The summed E-state index contributed by atoms with van der Waals surface area (Å²) in [6.07, 6.45) is 0. The third-order valence-corrected chi connectivity index (χ3v) is 2.84. The molecule has 0 aromatic heterocycles. The number of halogens is 2. The fourth-order valence-corrected chi connectivity index (χ4v) is 1.58. The van der Waals surface area contributed by atoms with Crippen molar-refractivity contribution in [1.82, 2.24) is 10.6 Å². The zero-order valence-corrected chi connectivity index (χ0v) is 11.5. The van der Waals surface area contributed by atoms with Crippen molar-refractivity contribution < 1.29 is 13.6 Å². The van der Waals surface area contributed by atoms with Gasteiger partial charge in [0, 0.05) is 25.0 Å². The van der Waals surface area contributed by atoms with E-state index in [9.17, 15) is 13.6 Å². The first-order valence-electron chi connectivity index (χ1n) is 6.38. The lowest BCUT2D eigenvalue weighted by Gasteiger charge is -2.15. The minimum Gasteiger partial charge on any atom is -0.355 e. The van der Waals surface area contributed by atoms with Gasteiger partial charge in [0.2, 0.25) is 5.91 Å². The van der Waals surface area contributed by atoms with Gasteiger partial charge in [-0.1, -0.05) is 19.9 Å². The quantitative estimate of drug-likeness (QED) is 0.779. The fraction of sp³-hybridized carbons (Fsp3) is 0.500. The van der Waals surface area contributed by atoms with Crippen LogP contribution < -0.4 is 10.6 Å². The Kier molecular flexibility index (Phi) is 5.89. The van der Waals surface area contributed by atoms with Crippen molar-refractivity contribution in [2.24, 2.45) is 5.92 Å². The summed E-state index contributed by atoms with van der Waals surface area (Å²) in [5.74, 6) is -1.73. The molecular weight excluding hydrogens is 250 g/mol. The van der Waals surface area contributed by atoms with E-state index in [0.717, 1.165) is 6.07 Å². The Morgan fingerprint density at radius 3 is 2.42 bits per heavy atom. The van der Waals surface area contributed by atoms with Gasteiger partial charge in [0.05, 0.1) is 0 Å². The SMILES string of the molecule is CC(C)C(=O)NCCNC(C)c1ccc(F)c(F)c1. The van der Waals surface area contributed by atoms with E-state index in [1.54, 1.807) is 6.07 Å². The monoisotopic (exact) mass is 270 g/mol. The Morgan fingerprint density at radius 2 is 1.84 bits per heavy atom. The smallest absolute Gasteiger partial charge is 0.222 e. The molecule has 0 aliphatic carbocycles. The summed E-state index contributed by atoms with van der Waals surface area (Å²) in [4.78, 5) is 11.3.